The van der Waals surface area contributed by atoms with Gasteiger partial charge < -0.3 is 14.4 Å². The van der Waals surface area contributed by atoms with E-state index in [1.165, 1.54) is 16.3 Å². The maximum absolute atomic E-state index is 13.2. The number of aryl methyl sites for hydroxylation is 2. The molecule has 0 aromatic heterocycles. The number of hydrogen-bond donors (Lipinski definition) is 0. The fourth-order valence-corrected chi connectivity index (χ4v) is 7.88. The first-order valence-electron chi connectivity index (χ1n) is 15.1. The monoisotopic (exact) mass is 600 g/mol. The Morgan fingerprint density at radius 1 is 1.00 bits per heavy atom. The van der Waals surface area contributed by atoms with Crippen LogP contribution in [0.15, 0.2) is 47.4 Å². The van der Waals surface area contributed by atoms with Gasteiger partial charge in [0.2, 0.25) is 15.9 Å². The minimum Gasteiger partial charge on any atom is -0.497 e. The highest BCUT2D eigenvalue weighted by atomic mass is 32.2. The van der Waals surface area contributed by atoms with Gasteiger partial charge in [-0.3, -0.25) is 14.6 Å². The number of likely N-dealkylation sites (N-methyl/N-ethyl adjacent to an activating group) is 2. The van der Waals surface area contributed by atoms with Crippen LogP contribution in [0.2, 0.25) is 0 Å². The van der Waals surface area contributed by atoms with E-state index in [2.05, 4.69) is 40.1 Å². The molecule has 1 heterocycles. The largest absolute Gasteiger partial charge is 0.497 e. The second kappa shape index (κ2) is 14.8. The van der Waals surface area contributed by atoms with Crippen molar-refractivity contribution in [3.8, 4) is 5.75 Å². The molecule has 2 aromatic carbocycles. The minimum absolute atomic E-state index is 0.0513. The zero-order valence-electron chi connectivity index (χ0n) is 25.9. The van der Waals surface area contributed by atoms with Crippen molar-refractivity contribution in [3.63, 3.8) is 0 Å². The Morgan fingerprint density at radius 3 is 2.31 bits per heavy atom. The van der Waals surface area contributed by atoms with Gasteiger partial charge in [0.05, 0.1) is 18.6 Å². The van der Waals surface area contributed by atoms with Gasteiger partial charge in [0.1, 0.15) is 12.4 Å². The number of methoxy groups -OCH3 is 1. The van der Waals surface area contributed by atoms with Crippen molar-refractivity contribution in [3.05, 3.63) is 59.2 Å². The van der Waals surface area contributed by atoms with Gasteiger partial charge in [-0.2, -0.15) is 4.31 Å². The van der Waals surface area contributed by atoms with E-state index in [9.17, 15) is 13.2 Å². The number of sulfonamides is 1. The second-order valence-corrected chi connectivity index (χ2v) is 13.7. The van der Waals surface area contributed by atoms with Gasteiger partial charge in [-0.05, 0) is 68.4 Å². The van der Waals surface area contributed by atoms with Crippen LogP contribution in [-0.4, -0.2) is 113 Å². The molecule has 2 aliphatic rings. The maximum atomic E-state index is 13.2. The van der Waals surface area contributed by atoms with Gasteiger partial charge in [-0.1, -0.05) is 30.3 Å². The minimum atomic E-state index is -3.70. The number of amides is 1. The summed E-state index contributed by atoms with van der Waals surface area (Å²) < 4.78 is 38.7. The first kappa shape index (κ1) is 32.4. The Morgan fingerprint density at radius 2 is 1.67 bits per heavy atom. The number of piperazine rings is 1. The molecule has 1 saturated carbocycles. The third-order valence-electron chi connectivity index (χ3n) is 8.85. The SMILES string of the molecule is COc1cc(C)c(S(=O)(=O)N(C)CCOCC(=O)N(C)[C@@H]2CCC[C@H](N3CCN(Cc4ccccc4)CC3)C2)c(C)c1. The Bertz CT molecular complexity index is 1260. The van der Waals surface area contributed by atoms with Gasteiger partial charge in [0, 0.05) is 65.4 Å². The standard InChI is InChI=1S/C32H48N4O5S/c1-25-20-30(40-5)21-26(2)32(25)42(38,39)33(3)18-19-41-24-31(37)34(4)28-12-9-13-29(22-28)36-16-14-35(15-17-36)23-27-10-7-6-8-11-27/h6-8,10-11,20-21,28-29H,9,12-19,22-24H2,1-5H3/t28-,29+/m1/s1. The number of benzene rings is 2. The topological polar surface area (TPSA) is 82.6 Å². The van der Waals surface area contributed by atoms with Crippen LogP contribution in [0.25, 0.3) is 0 Å². The van der Waals surface area contributed by atoms with Gasteiger partial charge in [0.25, 0.3) is 0 Å². The van der Waals surface area contributed by atoms with Crippen LogP contribution in [0.1, 0.15) is 42.4 Å². The smallest absolute Gasteiger partial charge is 0.248 e. The molecule has 2 aromatic rings. The molecule has 0 unspecified atom stereocenters. The van der Waals surface area contributed by atoms with E-state index >= 15 is 0 Å². The first-order valence-corrected chi connectivity index (χ1v) is 16.5. The molecule has 4 rings (SSSR count). The highest BCUT2D eigenvalue weighted by Gasteiger charge is 2.32. The molecular weight excluding hydrogens is 552 g/mol. The third kappa shape index (κ3) is 8.11. The Balaban J connectivity index is 1.20. The number of nitrogens with zero attached hydrogens (tertiary/aromatic N) is 4. The Hall–Kier alpha value is -2.50. The van der Waals surface area contributed by atoms with Crippen LogP contribution in [0.5, 0.6) is 5.75 Å². The summed E-state index contributed by atoms with van der Waals surface area (Å²) in [6.07, 6.45) is 4.29. The maximum Gasteiger partial charge on any atom is 0.248 e. The molecule has 42 heavy (non-hydrogen) atoms. The van der Waals surface area contributed by atoms with E-state index < -0.39 is 10.0 Å². The summed E-state index contributed by atoms with van der Waals surface area (Å²) in [6, 6.07) is 14.8. The molecule has 9 nitrogen and oxygen atoms in total. The molecule has 1 aliphatic carbocycles. The fraction of sp³-hybridized carbons (Fsp3) is 0.594. The summed E-state index contributed by atoms with van der Waals surface area (Å²) in [4.78, 5) is 20.3. The lowest BCUT2D eigenvalue weighted by molar-refractivity contribution is -0.138. The molecule has 0 bridgehead atoms. The molecule has 10 heteroatoms. The molecule has 0 radical (unpaired) electrons. The highest BCUT2D eigenvalue weighted by Crippen LogP contribution is 2.29. The lowest BCUT2D eigenvalue weighted by atomic mass is 9.88. The number of carbonyl (C=O) groups excluding carboxylic acids is 1. The molecule has 2 atom stereocenters. The van der Waals surface area contributed by atoms with Gasteiger partial charge in [-0.25, -0.2) is 8.42 Å². The van der Waals surface area contributed by atoms with E-state index in [0.717, 1.165) is 52.0 Å². The zero-order valence-corrected chi connectivity index (χ0v) is 26.7. The summed E-state index contributed by atoms with van der Waals surface area (Å²) in [7, 11) is 1.28. The number of ether oxygens (including phenoxy) is 2. The molecule has 232 valence electrons. The van der Waals surface area contributed by atoms with Crippen molar-refractivity contribution in [1.82, 2.24) is 19.0 Å². The van der Waals surface area contributed by atoms with Crippen molar-refractivity contribution in [2.24, 2.45) is 0 Å². The normalized spacial score (nSPS) is 20.5. The van der Waals surface area contributed by atoms with Crippen molar-refractivity contribution < 1.29 is 22.7 Å². The summed E-state index contributed by atoms with van der Waals surface area (Å²) in [5, 5.41) is 0. The fourth-order valence-electron chi connectivity index (χ4n) is 6.32. The molecule has 1 saturated heterocycles. The van der Waals surface area contributed by atoms with Crippen LogP contribution in [-0.2, 0) is 26.1 Å². The molecule has 1 aliphatic heterocycles. The van der Waals surface area contributed by atoms with Crippen LogP contribution in [0, 0.1) is 13.8 Å². The van der Waals surface area contributed by atoms with E-state index in [1.807, 2.05) is 11.9 Å². The second-order valence-electron chi connectivity index (χ2n) is 11.7. The van der Waals surface area contributed by atoms with Crippen LogP contribution in [0.4, 0.5) is 0 Å². The zero-order chi connectivity index (χ0) is 30.3. The van der Waals surface area contributed by atoms with Crippen molar-refractivity contribution >= 4 is 15.9 Å². The van der Waals surface area contributed by atoms with Gasteiger partial charge in [0.15, 0.2) is 0 Å². The molecule has 0 spiro atoms. The average Bonchev–Trinajstić information content (AvgIpc) is 2.99. The lowest BCUT2D eigenvalue weighted by Gasteiger charge is -2.44. The summed E-state index contributed by atoms with van der Waals surface area (Å²) >= 11 is 0. The third-order valence-corrected chi connectivity index (χ3v) is 11.0. The molecule has 1 amide bonds. The highest BCUT2D eigenvalue weighted by molar-refractivity contribution is 7.89. The predicted octanol–water partition coefficient (Wildman–Crippen LogP) is 3.54. The lowest BCUT2D eigenvalue weighted by Crippen LogP contribution is -2.53. The van der Waals surface area contributed by atoms with E-state index in [-0.39, 0.29) is 36.6 Å². The van der Waals surface area contributed by atoms with Crippen LogP contribution < -0.4 is 4.74 Å². The van der Waals surface area contributed by atoms with Gasteiger partial charge in [-0.15, -0.1) is 0 Å². The number of hydrogen-bond acceptors (Lipinski definition) is 7. The molecule has 2 fully saturated rings. The summed E-state index contributed by atoms with van der Waals surface area (Å²) in [5.41, 5.74) is 2.63. The summed E-state index contributed by atoms with van der Waals surface area (Å²) in [5.74, 6) is 0.573. The predicted molar refractivity (Wildman–Crippen MR) is 165 cm³/mol. The van der Waals surface area contributed by atoms with E-state index in [4.69, 9.17) is 9.47 Å². The van der Waals surface area contributed by atoms with Crippen LogP contribution in [0.3, 0.4) is 0 Å². The number of carbonyl (C=O) groups is 1. The Labute approximate surface area is 252 Å². The first-order chi connectivity index (χ1) is 20.1. The Kier molecular flexibility index (Phi) is 11.4. The van der Waals surface area contributed by atoms with E-state index in [1.54, 1.807) is 40.1 Å². The average molecular weight is 601 g/mol. The quantitative estimate of drug-likeness (QED) is 0.345. The van der Waals surface area contributed by atoms with E-state index in [0.29, 0.717) is 22.9 Å². The number of rotatable bonds is 12. The van der Waals surface area contributed by atoms with Crippen molar-refractivity contribution in [1.29, 1.82) is 0 Å². The molecular formula is C32H48N4O5S. The van der Waals surface area contributed by atoms with Crippen LogP contribution >= 0.6 is 0 Å². The summed E-state index contributed by atoms with van der Waals surface area (Å²) in [6.45, 7) is 9.06. The molecule has 0 N–H and O–H groups in total. The van der Waals surface area contributed by atoms with Crippen molar-refractivity contribution in [2.75, 3.05) is 67.1 Å². The van der Waals surface area contributed by atoms with Gasteiger partial charge >= 0.3 is 0 Å². The van der Waals surface area contributed by atoms with Crippen molar-refractivity contribution in [2.45, 2.75) is 63.1 Å².